The predicted octanol–water partition coefficient (Wildman–Crippen LogP) is 2.69. The summed E-state index contributed by atoms with van der Waals surface area (Å²) in [5, 5.41) is 13.8. The lowest BCUT2D eigenvalue weighted by atomic mass is 10.1. The maximum atomic E-state index is 12.2. The normalized spacial score (nSPS) is 12.1. The third-order valence-corrected chi connectivity index (χ3v) is 4.17. The molecule has 0 spiro atoms. The Hall–Kier alpha value is -2.41. The van der Waals surface area contributed by atoms with Gasteiger partial charge in [-0.25, -0.2) is 4.98 Å². The summed E-state index contributed by atoms with van der Waals surface area (Å²) >= 11 is 11.8. The molecule has 0 aliphatic heterocycles. The van der Waals surface area contributed by atoms with Gasteiger partial charge in [0.1, 0.15) is 0 Å². The van der Waals surface area contributed by atoms with Crippen LogP contribution in [0.3, 0.4) is 0 Å². The van der Waals surface area contributed by atoms with Gasteiger partial charge in [-0.2, -0.15) is 0 Å². The van der Waals surface area contributed by atoms with Crippen LogP contribution in [0.4, 0.5) is 0 Å². The molecular formula is C17H13Cl2N3O3. The molecule has 6 nitrogen and oxygen atoms in total. The van der Waals surface area contributed by atoms with Crippen LogP contribution in [0.1, 0.15) is 22.3 Å². The van der Waals surface area contributed by atoms with Crippen LogP contribution < -0.4 is 10.9 Å². The van der Waals surface area contributed by atoms with E-state index in [0.717, 1.165) is 0 Å². The number of carbonyl (C=O) groups excluding carboxylic acids is 1. The Labute approximate surface area is 152 Å². The van der Waals surface area contributed by atoms with Crippen molar-refractivity contribution < 1.29 is 9.90 Å². The number of aliphatic hydroxyl groups excluding tert-OH is 1. The minimum absolute atomic E-state index is 0.100. The number of fused-ring (bicyclic) bond motifs is 1. The molecule has 25 heavy (non-hydrogen) atoms. The van der Waals surface area contributed by atoms with Crippen molar-refractivity contribution >= 4 is 40.0 Å². The number of amides is 1. The van der Waals surface area contributed by atoms with E-state index in [4.69, 9.17) is 23.2 Å². The number of benzene rings is 2. The highest BCUT2D eigenvalue weighted by Gasteiger charge is 2.16. The number of aliphatic hydroxyl groups is 1. The second-order valence-electron chi connectivity index (χ2n) is 5.32. The van der Waals surface area contributed by atoms with Crippen molar-refractivity contribution in [2.45, 2.75) is 6.10 Å². The Balaban J connectivity index is 1.75. The van der Waals surface area contributed by atoms with E-state index in [0.29, 0.717) is 26.5 Å². The Morgan fingerprint density at radius 1 is 1.24 bits per heavy atom. The number of nitrogens with zero attached hydrogens (tertiary/aromatic N) is 1. The van der Waals surface area contributed by atoms with E-state index in [1.807, 2.05) is 0 Å². The first-order valence-corrected chi connectivity index (χ1v) is 8.11. The van der Waals surface area contributed by atoms with Gasteiger partial charge in [-0.15, -0.1) is 0 Å². The van der Waals surface area contributed by atoms with E-state index in [1.165, 1.54) is 6.07 Å². The van der Waals surface area contributed by atoms with Gasteiger partial charge in [0.2, 0.25) is 0 Å². The Morgan fingerprint density at radius 3 is 2.76 bits per heavy atom. The fourth-order valence-corrected chi connectivity index (χ4v) is 2.88. The summed E-state index contributed by atoms with van der Waals surface area (Å²) in [5.74, 6) is -0.731. The van der Waals surface area contributed by atoms with E-state index in [1.54, 1.807) is 36.4 Å². The van der Waals surface area contributed by atoms with E-state index in [2.05, 4.69) is 15.3 Å². The number of para-hydroxylation sites is 1. The summed E-state index contributed by atoms with van der Waals surface area (Å²) in [4.78, 5) is 30.7. The minimum atomic E-state index is -1.03. The van der Waals surface area contributed by atoms with Gasteiger partial charge in [0, 0.05) is 22.2 Å². The van der Waals surface area contributed by atoms with Crippen molar-refractivity contribution in [3.63, 3.8) is 0 Å². The SMILES string of the molecule is O=C(NCC(O)c1ccc(Cl)cc1Cl)c1nc2ccccc2c(=O)[nH]1. The summed E-state index contributed by atoms with van der Waals surface area (Å²) < 4.78 is 0. The number of rotatable bonds is 4. The number of nitrogens with one attached hydrogen (secondary N) is 2. The Bertz CT molecular complexity index is 1000. The van der Waals surface area contributed by atoms with Gasteiger partial charge in [0.05, 0.1) is 17.0 Å². The largest absolute Gasteiger partial charge is 0.387 e. The molecule has 2 aromatic carbocycles. The molecule has 0 saturated carbocycles. The van der Waals surface area contributed by atoms with E-state index >= 15 is 0 Å². The molecule has 1 heterocycles. The highest BCUT2D eigenvalue weighted by molar-refractivity contribution is 6.35. The maximum Gasteiger partial charge on any atom is 0.287 e. The first-order valence-electron chi connectivity index (χ1n) is 7.36. The summed E-state index contributed by atoms with van der Waals surface area (Å²) in [7, 11) is 0. The lowest BCUT2D eigenvalue weighted by Gasteiger charge is -2.13. The molecule has 1 atom stereocenters. The highest BCUT2D eigenvalue weighted by Crippen LogP contribution is 2.25. The van der Waals surface area contributed by atoms with Crippen LogP contribution in [0.5, 0.6) is 0 Å². The first-order chi connectivity index (χ1) is 12.0. The number of aromatic nitrogens is 2. The van der Waals surface area contributed by atoms with Crippen molar-refractivity contribution in [2.24, 2.45) is 0 Å². The quantitative estimate of drug-likeness (QED) is 0.651. The van der Waals surface area contributed by atoms with Gasteiger partial charge in [0.25, 0.3) is 11.5 Å². The molecule has 1 amide bonds. The molecule has 3 aromatic rings. The van der Waals surface area contributed by atoms with Gasteiger partial charge < -0.3 is 15.4 Å². The lowest BCUT2D eigenvalue weighted by Crippen LogP contribution is -2.31. The second kappa shape index (κ2) is 7.23. The standard InChI is InChI=1S/C17H13Cl2N3O3/c18-9-5-6-10(12(19)7-9)14(23)8-20-17(25)15-21-13-4-2-1-3-11(13)16(24)22-15/h1-7,14,23H,8H2,(H,20,25)(H,21,22,24). The van der Waals surface area contributed by atoms with Crippen LogP contribution in [0.15, 0.2) is 47.3 Å². The molecule has 1 aromatic heterocycles. The number of halogens is 2. The van der Waals surface area contributed by atoms with Crippen molar-refractivity contribution in [1.29, 1.82) is 0 Å². The van der Waals surface area contributed by atoms with Crippen molar-refractivity contribution in [1.82, 2.24) is 15.3 Å². The zero-order valence-electron chi connectivity index (χ0n) is 12.8. The van der Waals surface area contributed by atoms with Crippen LogP contribution in [0.2, 0.25) is 10.0 Å². The second-order valence-corrected chi connectivity index (χ2v) is 6.17. The highest BCUT2D eigenvalue weighted by atomic mass is 35.5. The molecule has 1 unspecified atom stereocenters. The van der Waals surface area contributed by atoms with Gasteiger partial charge in [-0.3, -0.25) is 9.59 Å². The number of carbonyl (C=O) groups is 1. The van der Waals surface area contributed by atoms with E-state index in [-0.39, 0.29) is 12.4 Å². The minimum Gasteiger partial charge on any atom is -0.387 e. The zero-order valence-corrected chi connectivity index (χ0v) is 14.3. The van der Waals surface area contributed by atoms with Crippen LogP contribution >= 0.6 is 23.2 Å². The third-order valence-electron chi connectivity index (χ3n) is 3.61. The topological polar surface area (TPSA) is 95.1 Å². The molecular weight excluding hydrogens is 365 g/mol. The van der Waals surface area contributed by atoms with E-state index in [9.17, 15) is 14.7 Å². The summed E-state index contributed by atoms with van der Waals surface area (Å²) in [5.41, 5.74) is 0.445. The first kappa shape index (κ1) is 17.4. The molecule has 0 aliphatic rings. The Kier molecular flexibility index (Phi) is 5.03. The molecule has 0 bridgehead atoms. The molecule has 128 valence electrons. The van der Waals surface area contributed by atoms with Crippen LogP contribution in [-0.4, -0.2) is 27.5 Å². The number of hydrogen-bond donors (Lipinski definition) is 3. The van der Waals surface area contributed by atoms with Crippen LogP contribution in [-0.2, 0) is 0 Å². The van der Waals surface area contributed by atoms with Crippen molar-refractivity contribution in [3.05, 3.63) is 74.3 Å². The zero-order chi connectivity index (χ0) is 18.0. The fraction of sp³-hybridized carbons (Fsp3) is 0.118. The van der Waals surface area contributed by atoms with Gasteiger partial charge >= 0.3 is 0 Å². The van der Waals surface area contributed by atoms with Crippen molar-refractivity contribution in [3.8, 4) is 0 Å². The summed E-state index contributed by atoms with van der Waals surface area (Å²) in [6.07, 6.45) is -1.03. The third kappa shape index (κ3) is 3.82. The monoisotopic (exact) mass is 377 g/mol. The molecule has 3 N–H and O–H groups in total. The molecule has 0 aliphatic carbocycles. The number of H-pyrrole nitrogens is 1. The predicted molar refractivity (Wildman–Crippen MR) is 96.1 cm³/mol. The van der Waals surface area contributed by atoms with Gasteiger partial charge in [-0.1, -0.05) is 41.4 Å². The number of hydrogen-bond acceptors (Lipinski definition) is 4. The molecule has 0 fully saturated rings. The van der Waals surface area contributed by atoms with Gasteiger partial charge in [-0.05, 0) is 24.3 Å². The van der Waals surface area contributed by atoms with Crippen LogP contribution in [0, 0.1) is 0 Å². The summed E-state index contributed by atoms with van der Waals surface area (Å²) in [6, 6.07) is 11.4. The van der Waals surface area contributed by atoms with Crippen molar-refractivity contribution in [2.75, 3.05) is 6.54 Å². The average Bonchev–Trinajstić information content (AvgIpc) is 2.59. The van der Waals surface area contributed by atoms with E-state index < -0.39 is 17.6 Å². The Morgan fingerprint density at radius 2 is 2.00 bits per heavy atom. The smallest absolute Gasteiger partial charge is 0.287 e. The molecule has 8 heteroatoms. The molecule has 3 rings (SSSR count). The summed E-state index contributed by atoms with van der Waals surface area (Å²) in [6.45, 7) is -0.100. The van der Waals surface area contributed by atoms with Gasteiger partial charge in [0.15, 0.2) is 5.82 Å². The fourth-order valence-electron chi connectivity index (χ4n) is 2.35. The van der Waals surface area contributed by atoms with Crippen LogP contribution in [0.25, 0.3) is 10.9 Å². The molecule has 0 radical (unpaired) electrons. The molecule has 0 saturated heterocycles. The number of aromatic amines is 1. The average molecular weight is 378 g/mol. The lowest BCUT2D eigenvalue weighted by molar-refractivity contribution is 0.0906. The maximum absolute atomic E-state index is 12.2.